The second-order valence-electron chi connectivity index (χ2n) is 6.88. The van der Waals surface area contributed by atoms with E-state index in [1.54, 1.807) is 29.2 Å². The Balaban J connectivity index is 1.61. The normalized spacial score (nSPS) is 14.4. The molecule has 1 heterocycles. The molecular weight excluding hydrogens is 338 g/mol. The van der Waals surface area contributed by atoms with Crippen LogP contribution in [-0.2, 0) is 11.2 Å². The van der Waals surface area contributed by atoms with Crippen LogP contribution >= 0.6 is 0 Å². The molecule has 0 radical (unpaired) electrons. The number of hydrogen-bond donors (Lipinski definition) is 0. The van der Waals surface area contributed by atoms with Gasteiger partial charge in [-0.2, -0.15) is 5.26 Å². The number of carbonyl (C=O) groups excluding carboxylic acids is 2. The van der Waals surface area contributed by atoms with Crippen LogP contribution in [0.25, 0.3) is 0 Å². The fourth-order valence-electron chi connectivity index (χ4n) is 3.27. The van der Waals surface area contributed by atoms with Crippen LogP contribution in [0.15, 0.2) is 48.5 Å². The largest absolute Gasteiger partial charge is 0.341 e. The van der Waals surface area contributed by atoms with Gasteiger partial charge in [-0.1, -0.05) is 35.9 Å². The molecule has 1 fully saturated rings. The quantitative estimate of drug-likeness (QED) is 0.844. The van der Waals surface area contributed by atoms with Crippen LogP contribution in [0.1, 0.15) is 33.5 Å². The van der Waals surface area contributed by atoms with E-state index in [-0.39, 0.29) is 11.8 Å². The molecule has 2 amide bonds. The zero-order valence-corrected chi connectivity index (χ0v) is 15.5. The Labute approximate surface area is 159 Å². The van der Waals surface area contributed by atoms with Gasteiger partial charge in [-0.05, 0) is 37.1 Å². The van der Waals surface area contributed by atoms with Crippen molar-refractivity contribution in [2.45, 2.75) is 19.8 Å². The molecule has 0 bridgehead atoms. The molecule has 0 aliphatic carbocycles. The summed E-state index contributed by atoms with van der Waals surface area (Å²) in [6.07, 6.45) is 1.14. The summed E-state index contributed by atoms with van der Waals surface area (Å²) in [4.78, 5) is 29.0. The Bertz CT molecular complexity index is 868. The molecule has 5 nitrogen and oxygen atoms in total. The molecule has 0 N–H and O–H groups in total. The second kappa shape index (κ2) is 8.50. The second-order valence-corrected chi connectivity index (χ2v) is 6.88. The van der Waals surface area contributed by atoms with Gasteiger partial charge in [0.2, 0.25) is 5.91 Å². The van der Waals surface area contributed by atoms with Crippen molar-refractivity contribution in [2.24, 2.45) is 0 Å². The predicted octanol–water partition coefficient (Wildman–Crippen LogP) is 2.78. The van der Waals surface area contributed by atoms with Crippen LogP contribution in [0.5, 0.6) is 0 Å². The molecule has 1 saturated heterocycles. The molecule has 0 spiro atoms. The first-order valence-electron chi connectivity index (χ1n) is 9.19. The summed E-state index contributed by atoms with van der Waals surface area (Å²) in [5.41, 5.74) is 3.19. The Morgan fingerprint density at radius 1 is 1.00 bits per heavy atom. The first kappa shape index (κ1) is 18.7. The highest BCUT2D eigenvalue weighted by Gasteiger charge is 2.23. The standard InChI is InChI=1S/C22H23N3O2/c1-17-6-8-18(9-7-17)15-21(26)24-10-3-11-25(13-12-24)22(27)20-5-2-4-19(14-20)16-23/h2,4-9,14H,3,10-13,15H2,1H3. The minimum atomic E-state index is -0.0834. The first-order chi connectivity index (χ1) is 13.1. The van der Waals surface area contributed by atoms with Crippen molar-refractivity contribution in [2.75, 3.05) is 26.2 Å². The average molecular weight is 361 g/mol. The summed E-state index contributed by atoms with van der Waals surface area (Å²) in [5, 5.41) is 9.01. The van der Waals surface area contributed by atoms with E-state index in [9.17, 15) is 9.59 Å². The van der Waals surface area contributed by atoms with E-state index in [1.165, 1.54) is 5.56 Å². The lowest BCUT2D eigenvalue weighted by atomic mass is 10.1. The molecule has 1 aliphatic heterocycles. The Hall–Kier alpha value is -3.13. The molecule has 2 aromatic carbocycles. The van der Waals surface area contributed by atoms with E-state index in [0.717, 1.165) is 12.0 Å². The van der Waals surface area contributed by atoms with Crippen LogP contribution < -0.4 is 0 Å². The van der Waals surface area contributed by atoms with Crippen molar-refractivity contribution in [1.82, 2.24) is 9.80 Å². The number of nitrogens with zero attached hydrogens (tertiary/aromatic N) is 3. The molecule has 0 atom stereocenters. The van der Waals surface area contributed by atoms with E-state index in [2.05, 4.69) is 6.07 Å². The maximum Gasteiger partial charge on any atom is 0.253 e. The first-order valence-corrected chi connectivity index (χ1v) is 9.19. The highest BCUT2D eigenvalue weighted by molar-refractivity contribution is 5.94. The third-order valence-corrected chi connectivity index (χ3v) is 4.85. The number of carbonyl (C=O) groups is 2. The molecule has 3 rings (SSSR count). The number of aryl methyl sites for hydroxylation is 1. The lowest BCUT2D eigenvalue weighted by Crippen LogP contribution is -2.38. The van der Waals surface area contributed by atoms with Gasteiger partial charge < -0.3 is 9.80 Å². The Morgan fingerprint density at radius 3 is 2.44 bits per heavy atom. The summed E-state index contributed by atoms with van der Waals surface area (Å²) in [6, 6.07) is 16.8. The maximum atomic E-state index is 12.7. The smallest absolute Gasteiger partial charge is 0.253 e. The molecule has 0 unspecified atom stereocenters. The highest BCUT2D eigenvalue weighted by atomic mass is 16.2. The molecule has 138 valence electrons. The van der Waals surface area contributed by atoms with E-state index >= 15 is 0 Å². The molecular formula is C22H23N3O2. The maximum absolute atomic E-state index is 12.7. The van der Waals surface area contributed by atoms with Crippen molar-refractivity contribution in [1.29, 1.82) is 5.26 Å². The fourth-order valence-corrected chi connectivity index (χ4v) is 3.27. The highest BCUT2D eigenvalue weighted by Crippen LogP contribution is 2.13. The summed E-state index contributed by atoms with van der Waals surface area (Å²) in [7, 11) is 0. The van der Waals surface area contributed by atoms with Gasteiger partial charge in [0.25, 0.3) is 5.91 Å². The van der Waals surface area contributed by atoms with Gasteiger partial charge in [0, 0.05) is 31.7 Å². The lowest BCUT2D eigenvalue weighted by Gasteiger charge is -2.22. The van der Waals surface area contributed by atoms with Crippen molar-refractivity contribution < 1.29 is 9.59 Å². The van der Waals surface area contributed by atoms with Crippen LogP contribution in [0, 0.1) is 18.3 Å². The van der Waals surface area contributed by atoms with E-state index in [4.69, 9.17) is 5.26 Å². The number of benzene rings is 2. The molecule has 5 heteroatoms. The number of hydrogen-bond acceptors (Lipinski definition) is 3. The molecule has 2 aromatic rings. The number of rotatable bonds is 3. The van der Waals surface area contributed by atoms with Crippen LogP contribution in [0.2, 0.25) is 0 Å². The van der Waals surface area contributed by atoms with Gasteiger partial charge >= 0.3 is 0 Å². The van der Waals surface area contributed by atoms with E-state index < -0.39 is 0 Å². The zero-order valence-electron chi connectivity index (χ0n) is 15.5. The molecule has 0 aromatic heterocycles. The monoisotopic (exact) mass is 361 g/mol. The van der Waals surface area contributed by atoms with Gasteiger partial charge in [-0.3, -0.25) is 9.59 Å². The third-order valence-electron chi connectivity index (χ3n) is 4.85. The Kier molecular flexibility index (Phi) is 5.87. The summed E-state index contributed by atoms with van der Waals surface area (Å²) in [6.45, 7) is 4.35. The van der Waals surface area contributed by atoms with Crippen molar-refractivity contribution in [3.8, 4) is 6.07 Å². The third kappa shape index (κ3) is 4.73. The molecule has 27 heavy (non-hydrogen) atoms. The molecule has 1 aliphatic rings. The average Bonchev–Trinajstić information content (AvgIpc) is 2.95. The zero-order chi connectivity index (χ0) is 19.2. The van der Waals surface area contributed by atoms with Gasteiger partial charge in [0.05, 0.1) is 18.1 Å². The van der Waals surface area contributed by atoms with E-state index in [1.807, 2.05) is 36.1 Å². The van der Waals surface area contributed by atoms with Crippen LogP contribution in [-0.4, -0.2) is 47.8 Å². The SMILES string of the molecule is Cc1ccc(CC(=O)N2CCCN(C(=O)c3cccc(C#N)c3)CC2)cc1. The Morgan fingerprint density at radius 2 is 1.70 bits per heavy atom. The van der Waals surface area contributed by atoms with Crippen LogP contribution in [0.4, 0.5) is 0 Å². The minimum Gasteiger partial charge on any atom is -0.341 e. The fraction of sp³-hybridized carbons (Fsp3) is 0.318. The van der Waals surface area contributed by atoms with E-state index in [0.29, 0.717) is 43.7 Å². The van der Waals surface area contributed by atoms with Gasteiger partial charge in [0.15, 0.2) is 0 Å². The van der Waals surface area contributed by atoms with Crippen molar-refractivity contribution >= 4 is 11.8 Å². The van der Waals surface area contributed by atoms with Gasteiger partial charge in [-0.25, -0.2) is 0 Å². The molecule has 0 saturated carbocycles. The van der Waals surface area contributed by atoms with Crippen molar-refractivity contribution in [3.63, 3.8) is 0 Å². The van der Waals surface area contributed by atoms with Crippen LogP contribution in [0.3, 0.4) is 0 Å². The number of amides is 2. The summed E-state index contributed by atoms with van der Waals surface area (Å²) < 4.78 is 0. The van der Waals surface area contributed by atoms with Gasteiger partial charge in [-0.15, -0.1) is 0 Å². The topological polar surface area (TPSA) is 64.4 Å². The minimum absolute atomic E-state index is 0.0834. The summed E-state index contributed by atoms with van der Waals surface area (Å²) in [5.74, 6) is 0.0135. The predicted molar refractivity (Wildman–Crippen MR) is 103 cm³/mol. The lowest BCUT2D eigenvalue weighted by molar-refractivity contribution is -0.130. The van der Waals surface area contributed by atoms with Gasteiger partial charge in [0.1, 0.15) is 0 Å². The summed E-state index contributed by atoms with van der Waals surface area (Å²) >= 11 is 0. The van der Waals surface area contributed by atoms with Crippen molar-refractivity contribution in [3.05, 3.63) is 70.8 Å². The number of nitriles is 1.